The van der Waals surface area contributed by atoms with Crippen LogP contribution in [0, 0.1) is 0 Å². The van der Waals surface area contributed by atoms with Crippen LogP contribution in [0.2, 0.25) is 0 Å². The second-order valence-corrected chi connectivity index (χ2v) is 7.45. The topological polar surface area (TPSA) is 133 Å². The van der Waals surface area contributed by atoms with E-state index in [0.717, 1.165) is 0 Å². The average molecular weight is 389 g/mol. The molecule has 0 radical (unpaired) electrons. The van der Waals surface area contributed by atoms with Crippen LogP contribution >= 0.6 is 11.3 Å². The lowest BCUT2D eigenvalue weighted by atomic mass is 10.0. The van der Waals surface area contributed by atoms with E-state index in [9.17, 15) is 22.8 Å². The maximum absolute atomic E-state index is 12.3. The van der Waals surface area contributed by atoms with E-state index < -0.39 is 34.4 Å². The number of hydroxylamine groups is 2. The van der Waals surface area contributed by atoms with Crippen LogP contribution in [0.4, 0.5) is 4.79 Å². The summed E-state index contributed by atoms with van der Waals surface area (Å²) in [7, 11) is -4.83. The molecule has 2 saturated heterocycles. The predicted molar refractivity (Wildman–Crippen MR) is 85.0 cm³/mol. The number of piperidine rings is 1. The first-order chi connectivity index (χ1) is 11.8. The fourth-order valence-corrected chi connectivity index (χ4v) is 3.96. The summed E-state index contributed by atoms with van der Waals surface area (Å²) in [4.78, 5) is 37.6. The van der Waals surface area contributed by atoms with Crippen LogP contribution in [0.5, 0.6) is 0 Å². The highest BCUT2D eigenvalue weighted by molar-refractivity contribution is 7.80. The highest BCUT2D eigenvalue weighted by Crippen LogP contribution is 2.30. The van der Waals surface area contributed by atoms with Gasteiger partial charge < -0.3 is 10.2 Å². The van der Waals surface area contributed by atoms with E-state index in [4.69, 9.17) is 4.55 Å². The number of hydrogen-bond acceptors (Lipinski definition) is 7. The number of urea groups is 1. The van der Waals surface area contributed by atoms with Crippen molar-refractivity contribution in [1.29, 1.82) is 0 Å². The van der Waals surface area contributed by atoms with Gasteiger partial charge in [0.15, 0.2) is 5.78 Å². The van der Waals surface area contributed by atoms with Crippen LogP contribution in [-0.4, -0.2) is 65.8 Å². The normalized spacial score (nSPS) is 23.0. The minimum absolute atomic E-state index is 0.102. The Balaban J connectivity index is 1.61. The molecule has 2 fully saturated rings. The maximum Gasteiger partial charge on any atom is 0.418 e. The van der Waals surface area contributed by atoms with Crippen LogP contribution in [0.3, 0.4) is 0 Å². The van der Waals surface area contributed by atoms with Gasteiger partial charge in [0.25, 0.3) is 0 Å². The first-order valence-electron chi connectivity index (χ1n) is 7.36. The Morgan fingerprint density at radius 3 is 2.80 bits per heavy atom. The lowest BCUT2D eigenvalue weighted by Gasteiger charge is -2.29. The molecular weight excluding hydrogens is 374 g/mol. The van der Waals surface area contributed by atoms with Gasteiger partial charge in [-0.2, -0.15) is 24.8 Å². The molecule has 0 saturated carbocycles. The Morgan fingerprint density at radius 1 is 1.40 bits per heavy atom. The number of thiophene rings is 1. The predicted octanol–water partition coefficient (Wildman–Crippen LogP) is 0.0500. The second kappa shape index (κ2) is 6.71. The van der Waals surface area contributed by atoms with Crippen molar-refractivity contribution in [3.8, 4) is 0 Å². The Bertz CT molecular complexity index is 793. The zero-order valence-corrected chi connectivity index (χ0v) is 14.5. The summed E-state index contributed by atoms with van der Waals surface area (Å²) in [5.74, 6) is -0.739. The maximum atomic E-state index is 12.3. The SMILES string of the molecule is O=C(CNC(=O)[C@@H]1CC[C@@H]2CN1C(=O)N2OS(=O)(=O)O)c1ccsc1. The molecule has 2 atom stereocenters. The third-order valence-corrected chi connectivity index (χ3v) is 5.10. The number of amides is 3. The van der Waals surface area contributed by atoms with Gasteiger partial charge in [0.1, 0.15) is 6.04 Å². The molecule has 12 heteroatoms. The van der Waals surface area contributed by atoms with Crippen molar-refractivity contribution in [2.45, 2.75) is 24.9 Å². The first-order valence-corrected chi connectivity index (χ1v) is 9.67. The lowest BCUT2D eigenvalue weighted by Crippen LogP contribution is -2.50. The molecule has 2 aliphatic heterocycles. The Kier molecular flexibility index (Phi) is 4.77. The minimum Gasteiger partial charge on any atom is -0.347 e. The average Bonchev–Trinajstić information content (AvgIpc) is 3.16. The second-order valence-electron chi connectivity index (χ2n) is 5.66. The zero-order valence-electron chi connectivity index (χ0n) is 12.8. The van der Waals surface area contributed by atoms with E-state index in [0.29, 0.717) is 23.5 Å². The van der Waals surface area contributed by atoms with Gasteiger partial charge in [0.05, 0.1) is 12.6 Å². The van der Waals surface area contributed by atoms with Crippen LogP contribution in [0.15, 0.2) is 16.8 Å². The third-order valence-electron chi connectivity index (χ3n) is 4.07. The van der Waals surface area contributed by atoms with Gasteiger partial charge in [-0.05, 0) is 24.3 Å². The van der Waals surface area contributed by atoms with Gasteiger partial charge in [0.2, 0.25) is 5.91 Å². The molecule has 0 aromatic carbocycles. The van der Waals surface area contributed by atoms with Gasteiger partial charge in [-0.1, -0.05) is 0 Å². The molecule has 0 aliphatic carbocycles. The summed E-state index contributed by atoms with van der Waals surface area (Å²) in [6.45, 7) is -0.0896. The summed E-state index contributed by atoms with van der Waals surface area (Å²) >= 11 is 1.37. The van der Waals surface area contributed by atoms with Gasteiger partial charge in [-0.3, -0.25) is 14.1 Å². The number of nitrogens with zero attached hydrogens (tertiary/aromatic N) is 2. The van der Waals surface area contributed by atoms with E-state index in [1.54, 1.807) is 16.8 Å². The largest absolute Gasteiger partial charge is 0.418 e. The van der Waals surface area contributed by atoms with Crippen molar-refractivity contribution in [3.63, 3.8) is 0 Å². The molecule has 2 N–H and O–H groups in total. The molecule has 0 unspecified atom stereocenters. The highest BCUT2D eigenvalue weighted by Gasteiger charge is 2.49. The number of nitrogens with one attached hydrogen (secondary N) is 1. The van der Waals surface area contributed by atoms with E-state index in [1.165, 1.54) is 16.2 Å². The number of rotatable bonds is 6. The first kappa shape index (κ1) is 17.8. The molecule has 136 valence electrons. The third kappa shape index (κ3) is 3.81. The van der Waals surface area contributed by atoms with Crippen molar-refractivity contribution in [2.24, 2.45) is 0 Å². The number of carbonyl (C=O) groups excluding carboxylic acids is 3. The van der Waals surface area contributed by atoms with Crippen molar-refractivity contribution >= 4 is 39.5 Å². The number of fused-ring (bicyclic) bond motifs is 2. The van der Waals surface area contributed by atoms with Crippen molar-refractivity contribution < 1.29 is 31.6 Å². The number of carbonyl (C=O) groups is 3. The van der Waals surface area contributed by atoms with Crippen LogP contribution < -0.4 is 5.32 Å². The number of hydrogen-bond donors (Lipinski definition) is 2. The standard InChI is InChI=1S/C13H15N3O7S2/c17-11(8-3-4-24-7-8)5-14-12(18)10-2-1-9-6-15(10)13(19)16(9)23-25(20,21)22/h3-4,7,9-10H,1-2,5-6H2,(H,14,18)(H,20,21,22)/t9-,10+/m1/s1. The molecular formula is C13H15N3O7S2. The van der Waals surface area contributed by atoms with Crippen molar-refractivity contribution in [3.05, 3.63) is 22.4 Å². The van der Waals surface area contributed by atoms with E-state index >= 15 is 0 Å². The lowest BCUT2D eigenvalue weighted by molar-refractivity contribution is -0.125. The molecule has 3 heterocycles. The molecule has 1 aromatic heterocycles. The fourth-order valence-electron chi connectivity index (χ4n) is 2.91. The molecule has 2 bridgehead atoms. The van der Waals surface area contributed by atoms with Gasteiger partial charge in [-0.25, -0.2) is 4.79 Å². The van der Waals surface area contributed by atoms with Gasteiger partial charge in [0, 0.05) is 17.5 Å². The van der Waals surface area contributed by atoms with Crippen molar-refractivity contribution in [2.75, 3.05) is 13.1 Å². The molecule has 3 rings (SSSR count). The summed E-state index contributed by atoms with van der Waals surface area (Å²) < 4.78 is 34.7. The number of ketones is 1. The Hall–Kier alpha value is -2.02. The number of Topliss-reactive ketones (excluding diaryl/α,β-unsaturated/α-hetero) is 1. The smallest absolute Gasteiger partial charge is 0.347 e. The van der Waals surface area contributed by atoms with Gasteiger partial charge in [-0.15, -0.1) is 4.28 Å². The monoisotopic (exact) mass is 389 g/mol. The highest BCUT2D eigenvalue weighted by atomic mass is 32.3. The molecule has 2 aliphatic rings. The van der Waals surface area contributed by atoms with E-state index in [2.05, 4.69) is 9.60 Å². The molecule has 1 aromatic rings. The van der Waals surface area contributed by atoms with Crippen LogP contribution in [-0.2, 0) is 19.5 Å². The molecule has 3 amide bonds. The fraction of sp³-hybridized carbons (Fsp3) is 0.462. The summed E-state index contributed by atoms with van der Waals surface area (Å²) in [6, 6.07) is -0.553. The van der Waals surface area contributed by atoms with Crippen LogP contribution in [0.1, 0.15) is 23.2 Å². The molecule has 25 heavy (non-hydrogen) atoms. The van der Waals surface area contributed by atoms with Crippen LogP contribution in [0.25, 0.3) is 0 Å². The molecule has 10 nitrogen and oxygen atoms in total. The molecule has 0 spiro atoms. The Morgan fingerprint density at radius 2 is 2.16 bits per heavy atom. The minimum atomic E-state index is -4.83. The van der Waals surface area contributed by atoms with Gasteiger partial charge >= 0.3 is 16.4 Å². The summed E-state index contributed by atoms with van der Waals surface area (Å²) in [5, 5.41) is 6.50. The summed E-state index contributed by atoms with van der Waals surface area (Å²) in [5.41, 5.74) is 0.499. The quantitative estimate of drug-likeness (QED) is 0.519. The van der Waals surface area contributed by atoms with Crippen molar-refractivity contribution in [1.82, 2.24) is 15.3 Å². The van der Waals surface area contributed by atoms with E-state index in [1.807, 2.05) is 0 Å². The summed E-state index contributed by atoms with van der Waals surface area (Å²) in [6.07, 6.45) is 0.620. The van der Waals surface area contributed by atoms with E-state index in [-0.39, 0.29) is 18.9 Å². The Labute approximate surface area is 147 Å². The zero-order chi connectivity index (χ0) is 18.2.